The van der Waals surface area contributed by atoms with Crippen LogP contribution in [0, 0.1) is 28.1 Å². The van der Waals surface area contributed by atoms with E-state index in [0.717, 1.165) is 12.8 Å². The number of hydrogen-bond acceptors (Lipinski definition) is 7. The first kappa shape index (κ1) is 29.0. The molecule has 1 saturated heterocycles. The summed E-state index contributed by atoms with van der Waals surface area (Å²) in [6.07, 6.45) is 7.20. The Balaban J connectivity index is 1.71. The molecule has 206 valence electrons. The maximum atomic E-state index is 13.5. The number of amides is 4. The molecule has 4 N–H and O–H groups in total. The minimum Gasteiger partial charge on any atom is -0.350 e. The lowest BCUT2D eigenvalue weighted by Crippen LogP contribution is -2.59. The van der Waals surface area contributed by atoms with Gasteiger partial charge in [0.15, 0.2) is 0 Å². The molecule has 3 rings (SSSR count). The highest BCUT2D eigenvalue weighted by atomic mass is 16.2. The van der Waals surface area contributed by atoms with Gasteiger partial charge >= 0.3 is 0 Å². The van der Waals surface area contributed by atoms with Crippen LogP contribution in [0.2, 0.25) is 0 Å². The summed E-state index contributed by atoms with van der Waals surface area (Å²) in [5.41, 5.74) is -1.07. The van der Waals surface area contributed by atoms with E-state index in [0.29, 0.717) is 12.8 Å². The Morgan fingerprint density at radius 3 is 2.29 bits per heavy atom. The molecule has 1 aromatic rings. The van der Waals surface area contributed by atoms with E-state index < -0.39 is 41.3 Å². The van der Waals surface area contributed by atoms with Gasteiger partial charge in [0.2, 0.25) is 17.7 Å². The van der Waals surface area contributed by atoms with Gasteiger partial charge in [0.25, 0.3) is 5.91 Å². The largest absolute Gasteiger partial charge is 0.350 e. The van der Waals surface area contributed by atoms with E-state index >= 15 is 0 Å². The van der Waals surface area contributed by atoms with Crippen LogP contribution < -0.4 is 21.3 Å². The van der Waals surface area contributed by atoms with E-state index in [1.54, 1.807) is 20.8 Å². The van der Waals surface area contributed by atoms with E-state index in [4.69, 9.17) is 0 Å². The summed E-state index contributed by atoms with van der Waals surface area (Å²) in [6.45, 7) is 11.2. The van der Waals surface area contributed by atoms with Crippen molar-refractivity contribution >= 4 is 23.6 Å². The Hall–Kier alpha value is -3.55. The number of rotatable bonds is 9. The van der Waals surface area contributed by atoms with Crippen LogP contribution in [0.3, 0.4) is 0 Å². The molecule has 0 aromatic carbocycles. The molecule has 1 saturated carbocycles. The molecule has 2 fully saturated rings. The molecular weight excluding hydrogens is 486 g/mol. The first-order chi connectivity index (χ1) is 17.6. The van der Waals surface area contributed by atoms with Crippen molar-refractivity contribution in [1.29, 1.82) is 5.26 Å². The lowest BCUT2D eigenvalue weighted by Gasteiger charge is -2.33. The monoisotopic (exact) mass is 525 g/mol. The number of carbonyl (C=O) groups is 4. The van der Waals surface area contributed by atoms with Crippen LogP contribution in [0.15, 0.2) is 18.6 Å². The smallest absolute Gasteiger partial charge is 0.272 e. The van der Waals surface area contributed by atoms with Gasteiger partial charge in [0.1, 0.15) is 23.8 Å². The Morgan fingerprint density at radius 2 is 1.79 bits per heavy atom. The maximum absolute atomic E-state index is 13.5. The second kappa shape index (κ2) is 11.1. The quantitative estimate of drug-likeness (QED) is 0.380. The van der Waals surface area contributed by atoms with E-state index in [2.05, 4.69) is 37.3 Å². The Kier molecular flexibility index (Phi) is 8.44. The minimum absolute atomic E-state index is 0.0688. The highest BCUT2D eigenvalue weighted by molar-refractivity contribution is 5.97. The molecule has 1 aliphatic carbocycles. The Bertz CT molecular complexity index is 1100. The standard InChI is InChI=1S/C27H39N7O4/c1-25(2,3)13-18(22(36)31-17(14-28)11-16-12-27(7-8-27)34-21(16)35)32-24(38)20(26(4,5)6)33-23(37)19-15-29-9-10-30-19/h9-10,15-18,20H,7-8,11-13H2,1-6H3,(H,31,36)(H,32,38)(H,33,37)(H,34,35)/t16-,17+,18+,20-/m1/s1. The van der Waals surface area contributed by atoms with E-state index in [1.165, 1.54) is 18.6 Å². The normalized spacial score (nSPS) is 20.4. The van der Waals surface area contributed by atoms with Crippen LogP contribution in [0.4, 0.5) is 0 Å². The third-order valence-electron chi connectivity index (χ3n) is 6.89. The average Bonchev–Trinajstić information content (AvgIpc) is 3.50. The summed E-state index contributed by atoms with van der Waals surface area (Å²) in [7, 11) is 0. The molecular formula is C27H39N7O4. The molecule has 1 spiro atoms. The average molecular weight is 526 g/mol. The fourth-order valence-corrected chi connectivity index (χ4v) is 4.72. The van der Waals surface area contributed by atoms with Crippen LogP contribution in [0.25, 0.3) is 0 Å². The van der Waals surface area contributed by atoms with Crippen molar-refractivity contribution < 1.29 is 19.2 Å². The molecule has 4 amide bonds. The van der Waals surface area contributed by atoms with Gasteiger partial charge in [-0.2, -0.15) is 5.26 Å². The van der Waals surface area contributed by atoms with Crippen molar-refractivity contribution in [3.63, 3.8) is 0 Å². The summed E-state index contributed by atoms with van der Waals surface area (Å²) in [4.78, 5) is 59.8. The van der Waals surface area contributed by atoms with Crippen LogP contribution in [0.1, 0.15) is 84.1 Å². The van der Waals surface area contributed by atoms with Gasteiger partial charge in [0.05, 0.1) is 12.3 Å². The predicted octanol–water partition coefficient (Wildman–Crippen LogP) is 1.61. The lowest BCUT2D eigenvalue weighted by atomic mass is 9.84. The van der Waals surface area contributed by atoms with Gasteiger partial charge in [-0.15, -0.1) is 0 Å². The predicted molar refractivity (Wildman–Crippen MR) is 139 cm³/mol. The van der Waals surface area contributed by atoms with Crippen LogP contribution in [-0.4, -0.2) is 57.3 Å². The highest BCUT2D eigenvalue weighted by Gasteiger charge is 2.52. The summed E-state index contributed by atoms with van der Waals surface area (Å²) < 4.78 is 0. The fraction of sp³-hybridized carbons (Fsp3) is 0.667. The summed E-state index contributed by atoms with van der Waals surface area (Å²) >= 11 is 0. The zero-order valence-electron chi connectivity index (χ0n) is 23.1. The molecule has 0 radical (unpaired) electrons. The number of nitrogens with one attached hydrogen (secondary N) is 4. The minimum atomic E-state index is -0.976. The van der Waals surface area contributed by atoms with Gasteiger partial charge in [-0.05, 0) is 42.9 Å². The first-order valence-electron chi connectivity index (χ1n) is 13.0. The molecule has 11 nitrogen and oxygen atoms in total. The van der Waals surface area contributed by atoms with Gasteiger partial charge < -0.3 is 21.3 Å². The van der Waals surface area contributed by atoms with Gasteiger partial charge in [-0.3, -0.25) is 24.2 Å². The SMILES string of the molecule is CC(C)(C)C[C@H](NC(=O)[C@@H](NC(=O)c1cnccn1)C(C)(C)C)C(=O)N[C@H](C#N)C[C@@H]1CC2(CC2)NC1=O. The first-order valence-corrected chi connectivity index (χ1v) is 13.0. The van der Waals surface area contributed by atoms with E-state index in [1.807, 2.05) is 20.8 Å². The van der Waals surface area contributed by atoms with Crippen molar-refractivity contribution in [3.05, 3.63) is 24.3 Å². The van der Waals surface area contributed by atoms with Crippen molar-refractivity contribution in [2.24, 2.45) is 16.7 Å². The topological polar surface area (TPSA) is 166 Å². The highest BCUT2D eigenvalue weighted by Crippen LogP contribution is 2.46. The lowest BCUT2D eigenvalue weighted by molar-refractivity contribution is -0.132. The zero-order valence-corrected chi connectivity index (χ0v) is 23.1. The van der Waals surface area contributed by atoms with E-state index in [-0.39, 0.29) is 34.9 Å². The number of nitrogens with zero attached hydrogens (tertiary/aromatic N) is 3. The molecule has 0 unspecified atom stereocenters. The second-order valence-electron chi connectivity index (χ2n) is 12.8. The molecule has 1 aliphatic heterocycles. The van der Waals surface area contributed by atoms with E-state index in [9.17, 15) is 24.4 Å². The summed E-state index contributed by atoms with van der Waals surface area (Å²) in [5.74, 6) is -2.01. The Labute approximate surface area is 223 Å². The van der Waals surface area contributed by atoms with Crippen molar-refractivity contribution in [3.8, 4) is 6.07 Å². The number of hydrogen-bond donors (Lipinski definition) is 4. The molecule has 4 atom stereocenters. The third-order valence-corrected chi connectivity index (χ3v) is 6.89. The molecule has 0 bridgehead atoms. The van der Waals surface area contributed by atoms with Gasteiger partial charge in [-0.25, -0.2) is 4.98 Å². The number of carbonyl (C=O) groups excluding carboxylic acids is 4. The number of aromatic nitrogens is 2. The Morgan fingerprint density at radius 1 is 1.11 bits per heavy atom. The third kappa shape index (κ3) is 7.73. The molecule has 2 aliphatic rings. The van der Waals surface area contributed by atoms with Gasteiger partial charge in [0, 0.05) is 23.9 Å². The molecule has 2 heterocycles. The molecule has 38 heavy (non-hydrogen) atoms. The summed E-state index contributed by atoms with van der Waals surface area (Å²) in [6, 6.07) is -0.709. The second-order valence-corrected chi connectivity index (χ2v) is 12.8. The maximum Gasteiger partial charge on any atom is 0.272 e. The van der Waals surface area contributed by atoms with Crippen molar-refractivity contribution in [2.75, 3.05) is 0 Å². The summed E-state index contributed by atoms with van der Waals surface area (Å²) in [5, 5.41) is 21.0. The van der Waals surface area contributed by atoms with Crippen molar-refractivity contribution in [1.82, 2.24) is 31.2 Å². The van der Waals surface area contributed by atoms with Crippen LogP contribution in [0.5, 0.6) is 0 Å². The zero-order chi connectivity index (χ0) is 28.3. The van der Waals surface area contributed by atoms with Crippen molar-refractivity contribution in [2.45, 2.75) is 97.3 Å². The molecule has 1 aromatic heterocycles. The van der Waals surface area contributed by atoms with Crippen LogP contribution >= 0.6 is 0 Å². The fourth-order valence-electron chi connectivity index (χ4n) is 4.72. The van der Waals surface area contributed by atoms with Gasteiger partial charge in [-0.1, -0.05) is 41.5 Å². The van der Waals surface area contributed by atoms with Crippen LogP contribution in [-0.2, 0) is 14.4 Å². The number of nitriles is 1. The molecule has 11 heteroatoms.